The number of hydrogen-bond donors (Lipinski definition) is 1. The number of benzene rings is 1. The van der Waals surface area contributed by atoms with Gasteiger partial charge in [-0.1, -0.05) is 12.1 Å². The van der Waals surface area contributed by atoms with Gasteiger partial charge in [-0.05, 0) is 11.6 Å². The maximum Gasteiger partial charge on any atom is 0.270 e. The van der Waals surface area contributed by atoms with Crippen molar-refractivity contribution in [2.24, 2.45) is 0 Å². The van der Waals surface area contributed by atoms with Crippen LogP contribution in [0, 0.1) is 10.1 Å². The van der Waals surface area contributed by atoms with E-state index in [1.807, 2.05) is 0 Å². The molecule has 0 fully saturated rings. The monoisotopic (exact) mass is 287 g/mol. The lowest BCUT2D eigenvalue weighted by molar-refractivity contribution is -0.384. The molecule has 0 saturated heterocycles. The number of aromatic nitrogens is 3. The number of nitro benzene ring substituents is 1. The van der Waals surface area contributed by atoms with Gasteiger partial charge in [-0.25, -0.2) is 4.98 Å². The second kappa shape index (κ2) is 6.42. The number of nitrogens with one attached hydrogen (secondary N) is 1. The first kappa shape index (κ1) is 14.4. The van der Waals surface area contributed by atoms with Crippen molar-refractivity contribution in [2.45, 2.75) is 6.54 Å². The summed E-state index contributed by atoms with van der Waals surface area (Å²) in [7, 11) is 1.63. The molecule has 0 bridgehead atoms. The average Bonchev–Trinajstić information content (AvgIpc) is 2.97. The number of nitrogens with zero attached hydrogens (tertiary/aromatic N) is 4. The second-order valence-corrected chi connectivity index (χ2v) is 4.31. The number of nitro groups is 1. The molecule has 0 saturated carbocycles. The molecular weight excluding hydrogens is 274 g/mol. The van der Waals surface area contributed by atoms with Crippen LogP contribution in [0.5, 0.6) is 0 Å². The predicted molar refractivity (Wildman–Crippen MR) is 75.0 cm³/mol. The molecule has 1 amide bonds. The maximum absolute atomic E-state index is 11.9. The smallest absolute Gasteiger partial charge is 0.270 e. The molecule has 1 aromatic carbocycles. The Morgan fingerprint density at radius 3 is 3.00 bits per heavy atom. The Balaban J connectivity index is 2.01. The zero-order chi connectivity index (χ0) is 15.2. The summed E-state index contributed by atoms with van der Waals surface area (Å²) in [6.07, 6.45) is 4.26. The Kier molecular flexibility index (Phi) is 4.39. The van der Waals surface area contributed by atoms with Gasteiger partial charge in [0.25, 0.3) is 5.69 Å². The lowest BCUT2D eigenvalue weighted by Gasteiger charge is -2.12. The maximum atomic E-state index is 11.9. The molecule has 8 heteroatoms. The quantitative estimate of drug-likeness (QED) is 0.508. The Labute approximate surface area is 120 Å². The Bertz CT molecular complexity index is 666. The summed E-state index contributed by atoms with van der Waals surface area (Å²) in [4.78, 5) is 27.5. The van der Waals surface area contributed by atoms with E-state index in [1.54, 1.807) is 19.2 Å². The van der Waals surface area contributed by atoms with E-state index in [1.165, 1.54) is 35.5 Å². The fraction of sp³-hybridized carbons (Fsp3) is 0.154. The fourth-order valence-corrected chi connectivity index (χ4v) is 1.65. The Morgan fingerprint density at radius 1 is 1.52 bits per heavy atom. The van der Waals surface area contributed by atoms with Crippen molar-refractivity contribution in [1.82, 2.24) is 20.1 Å². The first-order valence-corrected chi connectivity index (χ1v) is 6.08. The van der Waals surface area contributed by atoms with Crippen LogP contribution in [0.1, 0.15) is 11.4 Å². The fourth-order valence-electron chi connectivity index (χ4n) is 1.65. The van der Waals surface area contributed by atoms with Crippen LogP contribution < -0.4 is 0 Å². The summed E-state index contributed by atoms with van der Waals surface area (Å²) in [6, 6.07) is 6.06. The number of rotatable bonds is 5. The number of non-ortho nitro benzene ring substituents is 1. The van der Waals surface area contributed by atoms with Gasteiger partial charge in [-0.15, -0.1) is 0 Å². The summed E-state index contributed by atoms with van der Waals surface area (Å²) in [5, 5.41) is 17.0. The van der Waals surface area contributed by atoms with E-state index >= 15 is 0 Å². The molecule has 8 nitrogen and oxygen atoms in total. The molecule has 0 atom stereocenters. The third-order valence-electron chi connectivity index (χ3n) is 2.73. The van der Waals surface area contributed by atoms with E-state index in [4.69, 9.17) is 0 Å². The van der Waals surface area contributed by atoms with Gasteiger partial charge in [0.2, 0.25) is 5.91 Å². The lowest BCUT2D eigenvalue weighted by atomic mass is 10.2. The summed E-state index contributed by atoms with van der Waals surface area (Å²) in [6.45, 7) is 0.304. The van der Waals surface area contributed by atoms with E-state index < -0.39 is 4.92 Å². The predicted octanol–water partition coefficient (Wildman–Crippen LogP) is 1.38. The molecule has 1 N–H and O–H groups in total. The molecule has 0 aliphatic carbocycles. The minimum atomic E-state index is -0.477. The number of hydrogen-bond acceptors (Lipinski definition) is 5. The van der Waals surface area contributed by atoms with Crippen molar-refractivity contribution in [2.75, 3.05) is 7.05 Å². The molecular formula is C13H13N5O3. The lowest BCUT2D eigenvalue weighted by Crippen LogP contribution is -2.24. The van der Waals surface area contributed by atoms with Gasteiger partial charge < -0.3 is 4.90 Å². The van der Waals surface area contributed by atoms with Gasteiger partial charge in [0.15, 0.2) is 0 Å². The van der Waals surface area contributed by atoms with E-state index in [0.29, 0.717) is 17.9 Å². The standard InChI is InChI=1S/C13H13N5O3/c1-17(8-12-14-9-15-16-12)13(19)6-5-10-3-2-4-11(7-10)18(20)21/h2-7,9H,8H2,1H3,(H,14,15,16). The number of carbonyl (C=O) groups excluding carboxylic acids is 1. The van der Waals surface area contributed by atoms with Crippen LogP contribution in [0.15, 0.2) is 36.7 Å². The zero-order valence-electron chi connectivity index (χ0n) is 11.3. The molecule has 108 valence electrons. The van der Waals surface area contributed by atoms with E-state index in [0.717, 1.165) is 0 Å². The highest BCUT2D eigenvalue weighted by Crippen LogP contribution is 2.14. The van der Waals surface area contributed by atoms with Gasteiger partial charge in [-0.3, -0.25) is 20.0 Å². The van der Waals surface area contributed by atoms with Crippen molar-refractivity contribution in [1.29, 1.82) is 0 Å². The Hall–Kier alpha value is -3.03. The molecule has 0 aliphatic rings. The average molecular weight is 287 g/mol. The van der Waals surface area contributed by atoms with Gasteiger partial charge in [0.1, 0.15) is 12.2 Å². The molecule has 2 aromatic rings. The van der Waals surface area contributed by atoms with Gasteiger partial charge >= 0.3 is 0 Å². The molecule has 0 unspecified atom stereocenters. The van der Waals surface area contributed by atoms with Crippen LogP contribution in [-0.4, -0.2) is 38.0 Å². The van der Waals surface area contributed by atoms with Crippen LogP contribution in [0.2, 0.25) is 0 Å². The molecule has 1 heterocycles. The number of aromatic amines is 1. The first-order valence-electron chi connectivity index (χ1n) is 6.08. The molecule has 0 spiro atoms. The molecule has 2 rings (SSSR count). The molecule has 21 heavy (non-hydrogen) atoms. The molecule has 0 radical (unpaired) electrons. The van der Waals surface area contributed by atoms with Gasteiger partial charge in [-0.2, -0.15) is 5.10 Å². The summed E-state index contributed by atoms with van der Waals surface area (Å²) in [5.74, 6) is 0.340. The normalized spacial score (nSPS) is 10.7. The van der Waals surface area contributed by atoms with Crippen LogP contribution in [0.4, 0.5) is 5.69 Å². The number of H-pyrrole nitrogens is 1. The van der Waals surface area contributed by atoms with Crippen LogP contribution >= 0.6 is 0 Å². The van der Waals surface area contributed by atoms with Crippen molar-refractivity contribution >= 4 is 17.7 Å². The topological polar surface area (TPSA) is 105 Å². The summed E-state index contributed by atoms with van der Waals surface area (Å²) >= 11 is 0. The van der Waals surface area contributed by atoms with Gasteiger partial charge in [0, 0.05) is 25.3 Å². The largest absolute Gasteiger partial charge is 0.335 e. The number of amides is 1. The second-order valence-electron chi connectivity index (χ2n) is 4.31. The Morgan fingerprint density at radius 2 is 2.33 bits per heavy atom. The molecule has 1 aromatic heterocycles. The van der Waals surface area contributed by atoms with Crippen LogP contribution in [-0.2, 0) is 11.3 Å². The first-order chi connectivity index (χ1) is 10.1. The number of likely N-dealkylation sites (N-methyl/N-ethyl adjacent to an activating group) is 1. The van der Waals surface area contributed by atoms with E-state index in [-0.39, 0.29) is 11.6 Å². The van der Waals surface area contributed by atoms with Crippen molar-refractivity contribution in [3.8, 4) is 0 Å². The van der Waals surface area contributed by atoms with E-state index in [9.17, 15) is 14.9 Å². The summed E-state index contributed by atoms with van der Waals surface area (Å²) < 4.78 is 0. The third-order valence-corrected chi connectivity index (χ3v) is 2.73. The highest BCUT2D eigenvalue weighted by Gasteiger charge is 2.08. The van der Waals surface area contributed by atoms with Crippen molar-refractivity contribution < 1.29 is 9.72 Å². The molecule has 0 aliphatic heterocycles. The third kappa shape index (κ3) is 3.96. The van der Waals surface area contributed by atoms with Crippen molar-refractivity contribution in [3.63, 3.8) is 0 Å². The minimum absolute atomic E-state index is 0.0142. The van der Waals surface area contributed by atoms with Crippen LogP contribution in [0.3, 0.4) is 0 Å². The highest BCUT2D eigenvalue weighted by molar-refractivity contribution is 5.91. The highest BCUT2D eigenvalue weighted by atomic mass is 16.6. The minimum Gasteiger partial charge on any atom is -0.335 e. The van der Waals surface area contributed by atoms with E-state index in [2.05, 4.69) is 15.2 Å². The van der Waals surface area contributed by atoms with Gasteiger partial charge in [0.05, 0.1) is 11.5 Å². The number of carbonyl (C=O) groups is 1. The van der Waals surface area contributed by atoms with Crippen LogP contribution in [0.25, 0.3) is 6.08 Å². The summed E-state index contributed by atoms with van der Waals surface area (Å²) in [5.41, 5.74) is 0.574. The van der Waals surface area contributed by atoms with Crippen molar-refractivity contribution in [3.05, 3.63) is 58.2 Å². The SMILES string of the molecule is CN(Cc1ncn[nH]1)C(=O)C=Cc1cccc([N+](=O)[O-])c1. The zero-order valence-corrected chi connectivity index (χ0v) is 11.3.